The highest BCUT2D eigenvalue weighted by Crippen LogP contribution is 2.18. The summed E-state index contributed by atoms with van der Waals surface area (Å²) in [5.41, 5.74) is 2.77. The zero-order chi connectivity index (χ0) is 22.8. The molecule has 2 N–H and O–H groups in total. The van der Waals surface area contributed by atoms with Crippen LogP contribution in [0.4, 0.5) is 10.5 Å². The normalized spacial score (nSPS) is 11.1. The third-order valence-electron chi connectivity index (χ3n) is 4.57. The Balaban J connectivity index is 2.01. The second-order valence-electron chi connectivity index (χ2n) is 7.18. The molecule has 0 bridgehead atoms. The van der Waals surface area contributed by atoms with Crippen LogP contribution < -0.4 is 15.4 Å². The van der Waals surface area contributed by atoms with Crippen molar-refractivity contribution >= 4 is 23.7 Å². The smallest absolute Gasteiger partial charge is 0.434 e. The molecule has 0 aliphatic carbocycles. The Kier molecular flexibility index (Phi) is 8.81. The van der Waals surface area contributed by atoms with Gasteiger partial charge in [-0.1, -0.05) is 37.6 Å². The summed E-state index contributed by atoms with van der Waals surface area (Å²) < 4.78 is 9.70. The number of hydrogen-bond donors (Lipinski definition) is 2. The van der Waals surface area contributed by atoms with E-state index >= 15 is 0 Å². The summed E-state index contributed by atoms with van der Waals surface area (Å²) in [4.78, 5) is 36.1. The molecule has 2 aromatic rings. The molecule has 0 aliphatic heterocycles. The lowest BCUT2D eigenvalue weighted by molar-refractivity contribution is -0.116. The standard InChI is InChI=1S/C24H28N2O5/c1-5-30-24(29)31-20-12-10-18(11-13-20)23(28)26-21-9-7-6-8-19(21)15-25-22(27)14-17(4)16(2)3/h6-14,16H,5,15H2,1-4H3,(H,25,27)(H,26,28)/b17-14+. The van der Waals surface area contributed by atoms with Crippen LogP contribution in [0.15, 0.2) is 60.2 Å². The Labute approximate surface area is 182 Å². The number of para-hydroxylation sites is 1. The van der Waals surface area contributed by atoms with E-state index in [9.17, 15) is 14.4 Å². The first-order valence-electron chi connectivity index (χ1n) is 10.1. The number of benzene rings is 2. The molecule has 7 nitrogen and oxygen atoms in total. The molecular weight excluding hydrogens is 396 g/mol. The largest absolute Gasteiger partial charge is 0.513 e. The number of ether oxygens (including phenoxy) is 2. The van der Waals surface area contributed by atoms with Gasteiger partial charge in [-0.05, 0) is 55.7 Å². The Morgan fingerprint density at radius 1 is 1.03 bits per heavy atom. The summed E-state index contributed by atoms with van der Waals surface area (Å²) in [5.74, 6) is 0.0794. The Bertz CT molecular complexity index is 949. The third-order valence-corrected chi connectivity index (χ3v) is 4.57. The molecule has 0 aliphatic rings. The van der Waals surface area contributed by atoms with Crippen molar-refractivity contribution in [3.63, 3.8) is 0 Å². The molecule has 0 spiro atoms. The van der Waals surface area contributed by atoms with Gasteiger partial charge < -0.3 is 20.1 Å². The molecule has 0 saturated heterocycles. The molecule has 2 aromatic carbocycles. The molecule has 164 valence electrons. The van der Waals surface area contributed by atoms with Gasteiger partial charge in [0.25, 0.3) is 5.91 Å². The van der Waals surface area contributed by atoms with E-state index in [0.717, 1.165) is 11.1 Å². The molecule has 31 heavy (non-hydrogen) atoms. The van der Waals surface area contributed by atoms with E-state index in [1.54, 1.807) is 37.3 Å². The molecule has 7 heteroatoms. The molecule has 0 heterocycles. The summed E-state index contributed by atoms with van der Waals surface area (Å²) in [6.45, 7) is 8.15. The lowest BCUT2D eigenvalue weighted by Gasteiger charge is -2.12. The fourth-order valence-electron chi connectivity index (χ4n) is 2.52. The van der Waals surface area contributed by atoms with Crippen molar-refractivity contribution in [2.45, 2.75) is 34.2 Å². The SMILES string of the molecule is CCOC(=O)Oc1ccc(C(=O)Nc2ccccc2CNC(=O)/C=C(\C)C(C)C)cc1. The third kappa shape index (κ3) is 7.62. The van der Waals surface area contributed by atoms with E-state index in [1.165, 1.54) is 12.1 Å². The number of rotatable bonds is 8. The van der Waals surface area contributed by atoms with Crippen LogP contribution in [0.3, 0.4) is 0 Å². The summed E-state index contributed by atoms with van der Waals surface area (Å²) >= 11 is 0. The van der Waals surface area contributed by atoms with Crippen molar-refractivity contribution in [2.24, 2.45) is 5.92 Å². The fraction of sp³-hybridized carbons (Fsp3) is 0.292. The van der Waals surface area contributed by atoms with Crippen molar-refractivity contribution in [3.8, 4) is 5.75 Å². The van der Waals surface area contributed by atoms with E-state index in [-0.39, 0.29) is 30.7 Å². The van der Waals surface area contributed by atoms with Crippen LogP contribution in [0.2, 0.25) is 0 Å². The van der Waals surface area contributed by atoms with Crippen LogP contribution in [0.1, 0.15) is 43.6 Å². The summed E-state index contributed by atoms with van der Waals surface area (Å²) in [7, 11) is 0. The minimum atomic E-state index is -0.797. The van der Waals surface area contributed by atoms with Crippen LogP contribution in [0, 0.1) is 5.92 Å². The predicted molar refractivity (Wildman–Crippen MR) is 119 cm³/mol. The average Bonchev–Trinajstić information content (AvgIpc) is 2.73. The van der Waals surface area contributed by atoms with Gasteiger partial charge in [0.15, 0.2) is 0 Å². The van der Waals surface area contributed by atoms with Crippen LogP contribution >= 0.6 is 0 Å². The van der Waals surface area contributed by atoms with Crippen molar-refractivity contribution in [3.05, 3.63) is 71.3 Å². The maximum Gasteiger partial charge on any atom is 0.513 e. The van der Waals surface area contributed by atoms with Crippen molar-refractivity contribution in [2.75, 3.05) is 11.9 Å². The van der Waals surface area contributed by atoms with Gasteiger partial charge in [0.2, 0.25) is 5.91 Å². The molecule has 0 unspecified atom stereocenters. The Morgan fingerprint density at radius 2 is 1.71 bits per heavy atom. The molecule has 0 fully saturated rings. The first kappa shape index (κ1) is 23.7. The Morgan fingerprint density at radius 3 is 2.35 bits per heavy atom. The van der Waals surface area contributed by atoms with E-state index in [2.05, 4.69) is 10.6 Å². The van der Waals surface area contributed by atoms with Crippen LogP contribution in [-0.4, -0.2) is 24.6 Å². The predicted octanol–water partition coefficient (Wildman–Crippen LogP) is 4.69. The number of amides is 2. The van der Waals surface area contributed by atoms with Gasteiger partial charge in [-0.2, -0.15) is 0 Å². The fourth-order valence-corrected chi connectivity index (χ4v) is 2.52. The number of carbonyl (C=O) groups is 3. The van der Waals surface area contributed by atoms with E-state index in [4.69, 9.17) is 9.47 Å². The maximum atomic E-state index is 12.6. The highest BCUT2D eigenvalue weighted by Gasteiger charge is 2.11. The number of anilines is 1. The minimum absolute atomic E-state index is 0.176. The monoisotopic (exact) mass is 424 g/mol. The van der Waals surface area contributed by atoms with Gasteiger partial charge in [0, 0.05) is 23.9 Å². The van der Waals surface area contributed by atoms with E-state index in [0.29, 0.717) is 17.2 Å². The van der Waals surface area contributed by atoms with Gasteiger partial charge in [-0.15, -0.1) is 0 Å². The van der Waals surface area contributed by atoms with E-state index in [1.807, 2.05) is 32.9 Å². The van der Waals surface area contributed by atoms with Crippen LogP contribution in [-0.2, 0) is 16.1 Å². The van der Waals surface area contributed by atoms with Gasteiger partial charge in [-0.3, -0.25) is 9.59 Å². The first-order chi connectivity index (χ1) is 14.8. The van der Waals surface area contributed by atoms with Crippen LogP contribution in [0.25, 0.3) is 0 Å². The quantitative estimate of drug-likeness (QED) is 0.364. The number of allylic oxidation sites excluding steroid dienone is 1. The van der Waals surface area contributed by atoms with Gasteiger partial charge in [-0.25, -0.2) is 4.79 Å². The molecule has 0 aromatic heterocycles. The van der Waals surface area contributed by atoms with Gasteiger partial charge in [0.1, 0.15) is 5.75 Å². The summed E-state index contributed by atoms with van der Waals surface area (Å²) in [6, 6.07) is 13.4. The average molecular weight is 424 g/mol. The molecule has 0 atom stereocenters. The molecule has 0 radical (unpaired) electrons. The molecule has 2 amide bonds. The van der Waals surface area contributed by atoms with Crippen LogP contribution in [0.5, 0.6) is 5.75 Å². The number of nitrogens with one attached hydrogen (secondary N) is 2. The topological polar surface area (TPSA) is 93.7 Å². The van der Waals surface area contributed by atoms with Crippen molar-refractivity contribution in [1.29, 1.82) is 0 Å². The summed E-state index contributed by atoms with van der Waals surface area (Å²) in [5, 5.41) is 5.70. The second-order valence-corrected chi connectivity index (χ2v) is 7.18. The van der Waals surface area contributed by atoms with Gasteiger partial charge >= 0.3 is 6.16 Å². The lowest BCUT2D eigenvalue weighted by atomic mass is 10.1. The first-order valence-corrected chi connectivity index (χ1v) is 10.1. The minimum Gasteiger partial charge on any atom is -0.434 e. The number of carbonyl (C=O) groups excluding carboxylic acids is 3. The molecular formula is C24H28N2O5. The number of hydrogen-bond acceptors (Lipinski definition) is 5. The zero-order valence-corrected chi connectivity index (χ0v) is 18.2. The van der Waals surface area contributed by atoms with Crippen molar-refractivity contribution in [1.82, 2.24) is 5.32 Å². The van der Waals surface area contributed by atoms with E-state index < -0.39 is 6.16 Å². The highest BCUT2D eigenvalue weighted by molar-refractivity contribution is 6.04. The molecule has 0 saturated carbocycles. The molecule has 2 rings (SSSR count). The van der Waals surface area contributed by atoms with Crippen molar-refractivity contribution < 1.29 is 23.9 Å². The highest BCUT2D eigenvalue weighted by atomic mass is 16.7. The maximum absolute atomic E-state index is 12.6. The van der Waals surface area contributed by atoms with Gasteiger partial charge in [0.05, 0.1) is 6.61 Å². The summed E-state index contributed by atoms with van der Waals surface area (Å²) in [6.07, 6.45) is 0.792. The Hall–Kier alpha value is -3.61. The second kappa shape index (κ2) is 11.5. The lowest BCUT2D eigenvalue weighted by Crippen LogP contribution is -2.22. The zero-order valence-electron chi connectivity index (χ0n) is 18.2.